The zero-order chi connectivity index (χ0) is 17.6. The Hall–Kier alpha value is -2.44. The number of nitrogens with one attached hydrogen (secondary N) is 1. The molecule has 128 valence electrons. The summed E-state index contributed by atoms with van der Waals surface area (Å²) in [5, 5.41) is 6.25. The first kappa shape index (κ1) is 17.4. The van der Waals surface area contributed by atoms with Gasteiger partial charge in [0.05, 0.1) is 23.5 Å². The molecule has 5 nitrogen and oxygen atoms in total. The number of rotatable bonds is 6. The summed E-state index contributed by atoms with van der Waals surface area (Å²) in [6.07, 6.45) is 4.40. The number of aryl methyl sites for hydroxylation is 1. The third-order valence-electron chi connectivity index (χ3n) is 3.51. The van der Waals surface area contributed by atoms with Crippen LogP contribution in [0.2, 0.25) is 5.02 Å². The van der Waals surface area contributed by atoms with Crippen molar-refractivity contribution in [2.45, 2.75) is 12.8 Å². The van der Waals surface area contributed by atoms with Gasteiger partial charge in [-0.15, -0.1) is 11.3 Å². The highest BCUT2D eigenvalue weighted by Gasteiger charge is 2.10. The number of thiazole rings is 1. The minimum absolute atomic E-state index is 0.112. The summed E-state index contributed by atoms with van der Waals surface area (Å²) in [4.78, 5) is 20.9. The zero-order valence-corrected chi connectivity index (χ0v) is 15.1. The summed E-state index contributed by atoms with van der Waals surface area (Å²) in [5.41, 5.74) is 2.42. The third-order valence-corrected chi connectivity index (χ3v) is 4.65. The predicted molar refractivity (Wildman–Crippen MR) is 100 cm³/mol. The van der Waals surface area contributed by atoms with Crippen molar-refractivity contribution in [3.8, 4) is 17.0 Å². The Bertz CT molecular complexity index is 868. The first-order valence-corrected chi connectivity index (χ1v) is 8.89. The van der Waals surface area contributed by atoms with Crippen LogP contribution < -0.4 is 10.1 Å². The number of benzene rings is 1. The summed E-state index contributed by atoms with van der Waals surface area (Å²) in [7, 11) is 1.55. The van der Waals surface area contributed by atoms with Crippen LogP contribution in [0, 0.1) is 0 Å². The van der Waals surface area contributed by atoms with Crippen molar-refractivity contribution in [1.82, 2.24) is 9.97 Å². The molecule has 0 aliphatic rings. The van der Waals surface area contributed by atoms with Crippen LogP contribution in [0.4, 0.5) is 5.69 Å². The molecule has 1 amide bonds. The van der Waals surface area contributed by atoms with Crippen molar-refractivity contribution < 1.29 is 9.53 Å². The highest BCUT2D eigenvalue weighted by atomic mass is 35.5. The maximum Gasteiger partial charge on any atom is 0.224 e. The molecule has 0 aliphatic heterocycles. The minimum Gasteiger partial charge on any atom is -0.495 e. The molecule has 0 saturated heterocycles. The third kappa shape index (κ3) is 4.55. The number of pyridine rings is 1. The number of aromatic nitrogens is 2. The number of hydrogen-bond donors (Lipinski definition) is 1. The molecular weight excluding hydrogens is 358 g/mol. The van der Waals surface area contributed by atoms with Gasteiger partial charge in [0.15, 0.2) is 0 Å². The van der Waals surface area contributed by atoms with Crippen LogP contribution in [-0.2, 0) is 11.2 Å². The SMILES string of the molecule is COc1ccc(Cl)cc1NC(=O)CCc1nc(-c2cccnc2)cs1. The monoisotopic (exact) mass is 373 g/mol. The van der Waals surface area contributed by atoms with Crippen LogP contribution in [-0.4, -0.2) is 23.0 Å². The molecule has 0 spiro atoms. The Kier molecular flexibility index (Phi) is 5.63. The van der Waals surface area contributed by atoms with Crippen LogP contribution in [0.15, 0.2) is 48.1 Å². The van der Waals surface area contributed by atoms with Gasteiger partial charge in [0.1, 0.15) is 5.75 Å². The Morgan fingerprint density at radius 2 is 2.24 bits per heavy atom. The van der Waals surface area contributed by atoms with E-state index < -0.39 is 0 Å². The van der Waals surface area contributed by atoms with Crippen molar-refractivity contribution in [2.75, 3.05) is 12.4 Å². The first-order valence-electron chi connectivity index (χ1n) is 7.64. The van der Waals surface area contributed by atoms with Gasteiger partial charge in [0.25, 0.3) is 0 Å². The predicted octanol–water partition coefficient (Wildman–Crippen LogP) is 4.44. The quantitative estimate of drug-likeness (QED) is 0.693. The zero-order valence-electron chi connectivity index (χ0n) is 13.5. The summed E-state index contributed by atoms with van der Waals surface area (Å²) in [6.45, 7) is 0. The molecule has 0 fully saturated rings. The Morgan fingerprint density at radius 3 is 3.00 bits per heavy atom. The molecule has 7 heteroatoms. The first-order chi connectivity index (χ1) is 12.2. The lowest BCUT2D eigenvalue weighted by molar-refractivity contribution is -0.116. The number of methoxy groups -OCH3 is 1. The summed E-state index contributed by atoms with van der Waals surface area (Å²) >= 11 is 7.51. The van der Waals surface area contributed by atoms with Gasteiger partial charge >= 0.3 is 0 Å². The number of ether oxygens (including phenoxy) is 1. The number of halogens is 1. The van der Waals surface area contributed by atoms with Crippen molar-refractivity contribution in [3.63, 3.8) is 0 Å². The van der Waals surface area contributed by atoms with Gasteiger partial charge in [0.2, 0.25) is 5.91 Å². The summed E-state index contributed by atoms with van der Waals surface area (Å²) < 4.78 is 5.23. The number of hydrogen-bond acceptors (Lipinski definition) is 5. The second kappa shape index (κ2) is 8.09. The lowest BCUT2D eigenvalue weighted by atomic mass is 10.2. The smallest absolute Gasteiger partial charge is 0.224 e. The lowest BCUT2D eigenvalue weighted by Gasteiger charge is -2.10. The minimum atomic E-state index is -0.112. The van der Waals surface area contributed by atoms with Gasteiger partial charge in [-0.2, -0.15) is 0 Å². The van der Waals surface area contributed by atoms with E-state index in [0.717, 1.165) is 16.3 Å². The maximum absolute atomic E-state index is 12.2. The standard InChI is InChI=1S/C18H16ClN3O2S/c1-24-16-5-4-13(19)9-14(16)21-17(23)6-7-18-22-15(11-25-18)12-3-2-8-20-10-12/h2-5,8-11H,6-7H2,1H3,(H,21,23). The Labute approximate surface area is 154 Å². The fourth-order valence-corrected chi connectivity index (χ4v) is 3.26. The molecule has 0 radical (unpaired) electrons. The van der Waals surface area contributed by atoms with Crippen LogP contribution >= 0.6 is 22.9 Å². The molecule has 3 aromatic rings. The second-order valence-corrected chi connectivity index (χ2v) is 6.64. The van der Waals surface area contributed by atoms with E-state index in [1.807, 2.05) is 17.5 Å². The average molecular weight is 374 g/mol. The molecular formula is C18H16ClN3O2S. The van der Waals surface area contributed by atoms with Crippen LogP contribution in [0.1, 0.15) is 11.4 Å². The van der Waals surface area contributed by atoms with E-state index in [2.05, 4.69) is 15.3 Å². The van der Waals surface area contributed by atoms with Gasteiger partial charge in [-0.25, -0.2) is 4.98 Å². The molecule has 3 rings (SSSR count). The van der Waals surface area contributed by atoms with E-state index in [9.17, 15) is 4.79 Å². The van der Waals surface area contributed by atoms with E-state index in [-0.39, 0.29) is 5.91 Å². The maximum atomic E-state index is 12.2. The second-order valence-electron chi connectivity index (χ2n) is 5.26. The number of amides is 1. The lowest BCUT2D eigenvalue weighted by Crippen LogP contribution is -2.13. The molecule has 0 aliphatic carbocycles. The molecule has 0 saturated carbocycles. The van der Waals surface area contributed by atoms with E-state index in [1.165, 1.54) is 11.3 Å². The highest BCUT2D eigenvalue weighted by molar-refractivity contribution is 7.09. The van der Waals surface area contributed by atoms with E-state index in [0.29, 0.717) is 29.3 Å². The van der Waals surface area contributed by atoms with E-state index >= 15 is 0 Å². The topological polar surface area (TPSA) is 64.1 Å². The van der Waals surface area contributed by atoms with Gasteiger partial charge in [-0.3, -0.25) is 9.78 Å². The van der Waals surface area contributed by atoms with Crippen LogP contribution in [0.3, 0.4) is 0 Å². The number of carbonyl (C=O) groups is 1. The van der Waals surface area contributed by atoms with Gasteiger partial charge in [-0.05, 0) is 30.3 Å². The number of carbonyl (C=O) groups excluding carboxylic acids is 1. The normalized spacial score (nSPS) is 10.5. The molecule has 0 atom stereocenters. The summed E-state index contributed by atoms with van der Waals surface area (Å²) in [6, 6.07) is 8.94. The average Bonchev–Trinajstić information content (AvgIpc) is 3.10. The largest absolute Gasteiger partial charge is 0.495 e. The molecule has 1 aromatic carbocycles. The van der Waals surface area contributed by atoms with E-state index in [1.54, 1.807) is 37.7 Å². The van der Waals surface area contributed by atoms with Crippen molar-refractivity contribution in [3.05, 3.63) is 58.1 Å². The van der Waals surface area contributed by atoms with E-state index in [4.69, 9.17) is 16.3 Å². The van der Waals surface area contributed by atoms with Crippen molar-refractivity contribution in [2.24, 2.45) is 0 Å². The van der Waals surface area contributed by atoms with Gasteiger partial charge in [0, 0.05) is 41.2 Å². The molecule has 2 aromatic heterocycles. The fraction of sp³-hybridized carbons (Fsp3) is 0.167. The fourth-order valence-electron chi connectivity index (χ4n) is 2.28. The Balaban J connectivity index is 1.60. The molecule has 25 heavy (non-hydrogen) atoms. The number of anilines is 1. The molecule has 1 N–H and O–H groups in total. The number of nitrogens with zero attached hydrogens (tertiary/aromatic N) is 2. The van der Waals surface area contributed by atoms with Crippen LogP contribution in [0.25, 0.3) is 11.3 Å². The van der Waals surface area contributed by atoms with Crippen molar-refractivity contribution in [1.29, 1.82) is 0 Å². The molecule has 0 bridgehead atoms. The molecule has 2 heterocycles. The van der Waals surface area contributed by atoms with Gasteiger partial charge in [-0.1, -0.05) is 11.6 Å². The van der Waals surface area contributed by atoms with Crippen molar-refractivity contribution >= 4 is 34.5 Å². The highest BCUT2D eigenvalue weighted by Crippen LogP contribution is 2.28. The van der Waals surface area contributed by atoms with Gasteiger partial charge < -0.3 is 10.1 Å². The molecule has 0 unspecified atom stereocenters. The Morgan fingerprint density at radius 1 is 1.36 bits per heavy atom. The summed E-state index contributed by atoms with van der Waals surface area (Å²) in [5.74, 6) is 0.463. The van der Waals surface area contributed by atoms with Crippen LogP contribution in [0.5, 0.6) is 5.75 Å².